The maximum Gasteiger partial charge on any atom is 0.253 e. The number of carbonyl (C=O) groups is 2. The third-order valence-corrected chi connectivity index (χ3v) is 2.88. The van der Waals surface area contributed by atoms with Crippen molar-refractivity contribution in [3.8, 4) is 11.1 Å². The molecule has 1 atom stereocenters. The van der Waals surface area contributed by atoms with Gasteiger partial charge in [0.25, 0.3) is 5.91 Å². The molecule has 20 heavy (non-hydrogen) atoms. The van der Waals surface area contributed by atoms with Gasteiger partial charge in [-0.3, -0.25) is 14.6 Å². The van der Waals surface area contributed by atoms with Crippen molar-refractivity contribution in [2.24, 2.45) is 5.73 Å². The zero-order valence-electron chi connectivity index (χ0n) is 11.0. The Morgan fingerprint density at radius 2 is 1.85 bits per heavy atom. The molecule has 5 heteroatoms. The molecule has 0 saturated heterocycles. The number of hydrogen-bond donors (Lipinski definition) is 2. The molecule has 0 saturated carbocycles. The van der Waals surface area contributed by atoms with Crippen LogP contribution in [0.2, 0.25) is 0 Å². The first-order chi connectivity index (χ1) is 9.58. The average molecular weight is 269 g/mol. The molecule has 0 aliphatic carbocycles. The predicted octanol–water partition coefficient (Wildman–Crippen LogP) is 1.35. The van der Waals surface area contributed by atoms with Crippen molar-refractivity contribution >= 4 is 11.8 Å². The normalized spacial score (nSPS) is 11.7. The van der Waals surface area contributed by atoms with Gasteiger partial charge in [-0.1, -0.05) is 30.3 Å². The van der Waals surface area contributed by atoms with Gasteiger partial charge in [-0.05, 0) is 18.6 Å². The maximum absolute atomic E-state index is 12.0. The number of aromatic nitrogens is 1. The van der Waals surface area contributed by atoms with E-state index in [0.717, 1.165) is 11.1 Å². The zero-order chi connectivity index (χ0) is 14.5. The van der Waals surface area contributed by atoms with Gasteiger partial charge in [-0.15, -0.1) is 0 Å². The van der Waals surface area contributed by atoms with Gasteiger partial charge < -0.3 is 11.1 Å². The van der Waals surface area contributed by atoms with Crippen molar-refractivity contribution in [1.29, 1.82) is 0 Å². The lowest BCUT2D eigenvalue weighted by molar-refractivity contribution is -0.119. The fourth-order valence-corrected chi connectivity index (χ4v) is 1.70. The van der Waals surface area contributed by atoms with E-state index < -0.39 is 11.9 Å². The van der Waals surface area contributed by atoms with E-state index in [1.807, 2.05) is 30.3 Å². The molecule has 3 N–H and O–H groups in total. The molecule has 2 aromatic rings. The summed E-state index contributed by atoms with van der Waals surface area (Å²) in [5, 5.41) is 2.52. The van der Waals surface area contributed by atoms with Crippen LogP contribution in [0.15, 0.2) is 48.8 Å². The smallest absolute Gasteiger partial charge is 0.253 e. The molecule has 1 aromatic heterocycles. The van der Waals surface area contributed by atoms with Crippen LogP contribution < -0.4 is 11.1 Å². The number of carbonyl (C=O) groups excluding carboxylic acids is 2. The summed E-state index contributed by atoms with van der Waals surface area (Å²) in [6.07, 6.45) is 3.14. The lowest BCUT2D eigenvalue weighted by Gasteiger charge is -2.10. The number of rotatable bonds is 4. The summed E-state index contributed by atoms with van der Waals surface area (Å²) in [5.74, 6) is -0.952. The van der Waals surface area contributed by atoms with E-state index in [9.17, 15) is 9.59 Å². The van der Waals surface area contributed by atoms with Crippen LogP contribution in [0.1, 0.15) is 17.3 Å². The molecule has 2 rings (SSSR count). The Labute approximate surface area is 116 Å². The van der Waals surface area contributed by atoms with E-state index in [-0.39, 0.29) is 5.91 Å². The summed E-state index contributed by atoms with van der Waals surface area (Å²) in [6.45, 7) is 1.54. The molecule has 1 aromatic carbocycles. The molecule has 0 aliphatic rings. The van der Waals surface area contributed by atoms with Crippen LogP contribution in [-0.2, 0) is 4.79 Å². The quantitative estimate of drug-likeness (QED) is 0.878. The van der Waals surface area contributed by atoms with Crippen LogP contribution in [0, 0.1) is 0 Å². The van der Waals surface area contributed by atoms with Gasteiger partial charge in [-0.2, -0.15) is 0 Å². The summed E-state index contributed by atoms with van der Waals surface area (Å²) in [4.78, 5) is 27.0. The standard InChI is InChI=1S/C15H15N3O2/c1-10(14(16)19)18-15(20)13-7-12(8-17-9-13)11-5-3-2-4-6-11/h2-10H,1H3,(H2,16,19)(H,18,20)/t10-/m0/s1. The number of benzene rings is 1. The molecule has 0 aliphatic heterocycles. The molecule has 0 fully saturated rings. The summed E-state index contributed by atoms with van der Waals surface area (Å²) < 4.78 is 0. The summed E-state index contributed by atoms with van der Waals surface area (Å²) >= 11 is 0. The van der Waals surface area contributed by atoms with Gasteiger partial charge >= 0.3 is 0 Å². The highest BCUT2D eigenvalue weighted by Gasteiger charge is 2.14. The Morgan fingerprint density at radius 1 is 1.15 bits per heavy atom. The molecule has 0 unspecified atom stereocenters. The Balaban J connectivity index is 2.22. The number of pyridine rings is 1. The zero-order valence-corrected chi connectivity index (χ0v) is 11.0. The van der Waals surface area contributed by atoms with Crippen LogP contribution in [-0.4, -0.2) is 22.8 Å². The van der Waals surface area contributed by atoms with Gasteiger partial charge in [0.1, 0.15) is 6.04 Å². The van der Waals surface area contributed by atoms with E-state index in [2.05, 4.69) is 10.3 Å². The van der Waals surface area contributed by atoms with Crippen LogP contribution in [0.4, 0.5) is 0 Å². The van der Waals surface area contributed by atoms with Crippen molar-refractivity contribution < 1.29 is 9.59 Å². The van der Waals surface area contributed by atoms with Gasteiger partial charge in [0, 0.05) is 18.0 Å². The van der Waals surface area contributed by atoms with Gasteiger partial charge in [-0.25, -0.2) is 0 Å². The highest BCUT2D eigenvalue weighted by Crippen LogP contribution is 2.18. The lowest BCUT2D eigenvalue weighted by atomic mass is 10.1. The van der Waals surface area contributed by atoms with E-state index in [4.69, 9.17) is 5.73 Å². The number of nitrogens with two attached hydrogens (primary N) is 1. The molecular weight excluding hydrogens is 254 g/mol. The largest absolute Gasteiger partial charge is 0.368 e. The van der Waals surface area contributed by atoms with Crippen LogP contribution >= 0.6 is 0 Å². The Hall–Kier alpha value is -2.69. The van der Waals surface area contributed by atoms with Crippen LogP contribution in [0.25, 0.3) is 11.1 Å². The molecule has 1 heterocycles. The second kappa shape index (κ2) is 5.97. The number of primary amides is 1. The van der Waals surface area contributed by atoms with E-state index >= 15 is 0 Å². The lowest BCUT2D eigenvalue weighted by Crippen LogP contribution is -2.42. The fourth-order valence-electron chi connectivity index (χ4n) is 1.70. The third kappa shape index (κ3) is 3.20. The summed E-state index contributed by atoms with van der Waals surface area (Å²) in [5.41, 5.74) is 7.31. The molecule has 0 bridgehead atoms. The average Bonchev–Trinajstić information content (AvgIpc) is 2.48. The minimum absolute atomic E-state index is 0.374. The molecular formula is C15H15N3O2. The Morgan fingerprint density at radius 3 is 2.50 bits per heavy atom. The highest BCUT2D eigenvalue weighted by atomic mass is 16.2. The minimum Gasteiger partial charge on any atom is -0.368 e. The first kappa shape index (κ1) is 13.7. The first-order valence-corrected chi connectivity index (χ1v) is 6.18. The number of nitrogens with zero attached hydrogens (tertiary/aromatic N) is 1. The number of amides is 2. The maximum atomic E-state index is 12.0. The van der Waals surface area contributed by atoms with Gasteiger partial charge in [0.2, 0.25) is 5.91 Å². The number of hydrogen-bond acceptors (Lipinski definition) is 3. The summed E-state index contributed by atoms with van der Waals surface area (Å²) in [6, 6.07) is 10.6. The molecule has 5 nitrogen and oxygen atoms in total. The van der Waals surface area contributed by atoms with E-state index in [0.29, 0.717) is 5.56 Å². The Bertz CT molecular complexity index is 626. The van der Waals surface area contributed by atoms with E-state index in [1.54, 1.807) is 12.3 Å². The summed E-state index contributed by atoms with van der Waals surface area (Å²) in [7, 11) is 0. The fraction of sp³-hybridized carbons (Fsp3) is 0.133. The van der Waals surface area contributed by atoms with Gasteiger partial charge in [0.15, 0.2) is 0 Å². The molecule has 2 amide bonds. The molecule has 102 valence electrons. The Kier molecular flexibility index (Phi) is 4.10. The van der Waals surface area contributed by atoms with Crippen LogP contribution in [0.3, 0.4) is 0 Å². The van der Waals surface area contributed by atoms with Crippen LogP contribution in [0.5, 0.6) is 0 Å². The monoisotopic (exact) mass is 269 g/mol. The molecule has 0 spiro atoms. The van der Waals surface area contributed by atoms with Crippen molar-refractivity contribution in [2.75, 3.05) is 0 Å². The number of nitrogens with one attached hydrogen (secondary N) is 1. The second-order valence-electron chi connectivity index (χ2n) is 4.43. The van der Waals surface area contributed by atoms with E-state index in [1.165, 1.54) is 13.1 Å². The molecule has 0 radical (unpaired) electrons. The third-order valence-electron chi connectivity index (χ3n) is 2.88. The minimum atomic E-state index is -0.720. The first-order valence-electron chi connectivity index (χ1n) is 6.18. The van der Waals surface area contributed by atoms with Crippen molar-refractivity contribution in [1.82, 2.24) is 10.3 Å². The van der Waals surface area contributed by atoms with Crippen molar-refractivity contribution in [2.45, 2.75) is 13.0 Å². The predicted molar refractivity (Wildman–Crippen MR) is 75.8 cm³/mol. The van der Waals surface area contributed by atoms with Crippen molar-refractivity contribution in [3.63, 3.8) is 0 Å². The topological polar surface area (TPSA) is 85.1 Å². The SMILES string of the molecule is C[C@H](NC(=O)c1cncc(-c2ccccc2)c1)C(N)=O. The van der Waals surface area contributed by atoms with Crippen molar-refractivity contribution in [3.05, 3.63) is 54.4 Å². The van der Waals surface area contributed by atoms with Gasteiger partial charge in [0.05, 0.1) is 5.56 Å². The second-order valence-corrected chi connectivity index (χ2v) is 4.43. The highest BCUT2D eigenvalue weighted by molar-refractivity contribution is 5.97.